The molecule has 2 unspecified atom stereocenters. The van der Waals surface area contributed by atoms with E-state index in [2.05, 4.69) is 35.7 Å². The second-order valence-electron chi connectivity index (χ2n) is 5.01. The van der Waals surface area contributed by atoms with Crippen molar-refractivity contribution in [3.8, 4) is 0 Å². The van der Waals surface area contributed by atoms with Gasteiger partial charge in [0.05, 0.1) is 5.69 Å². The molecule has 18 heavy (non-hydrogen) atoms. The highest BCUT2D eigenvalue weighted by atomic mass is 32.1. The molecule has 0 saturated carbocycles. The van der Waals surface area contributed by atoms with Gasteiger partial charge in [-0.2, -0.15) is 0 Å². The smallest absolute Gasteiger partial charge is 0.365 e. The van der Waals surface area contributed by atoms with E-state index in [9.17, 15) is 4.79 Å². The highest BCUT2D eigenvalue weighted by molar-refractivity contribution is 7.11. The quantitative estimate of drug-likeness (QED) is 0.898. The zero-order chi connectivity index (χ0) is 13.3. The van der Waals surface area contributed by atoms with Gasteiger partial charge in [-0.1, -0.05) is 0 Å². The fraction of sp³-hybridized carbons (Fsp3) is 0.667. The van der Waals surface area contributed by atoms with Crippen LogP contribution >= 0.6 is 11.3 Å². The van der Waals surface area contributed by atoms with Gasteiger partial charge in [-0.25, -0.2) is 9.78 Å². The summed E-state index contributed by atoms with van der Waals surface area (Å²) in [4.78, 5) is 19.6. The summed E-state index contributed by atoms with van der Waals surface area (Å²) in [6.45, 7) is 7.17. The number of nitrogens with zero attached hydrogens (tertiary/aromatic N) is 3. The number of hydrogen-bond acceptors (Lipinski definition) is 5. The molecule has 5 nitrogen and oxygen atoms in total. The number of thiazole rings is 1. The third-order valence-electron chi connectivity index (χ3n) is 3.56. The summed E-state index contributed by atoms with van der Waals surface area (Å²) in [5, 5.41) is 10.9. The Bertz CT molecular complexity index is 423. The minimum absolute atomic E-state index is 0.181. The van der Waals surface area contributed by atoms with Crippen LogP contribution in [0, 0.1) is 0 Å². The van der Waals surface area contributed by atoms with Crippen molar-refractivity contribution in [3.05, 3.63) is 16.1 Å². The van der Waals surface area contributed by atoms with Crippen molar-refractivity contribution < 1.29 is 9.90 Å². The molecule has 0 radical (unpaired) electrons. The first-order chi connectivity index (χ1) is 8.47. The maximum absolute atomic E-state index is 10.8. The van der Waals surface area contributed by atoms with E-state index in [1.165, 1.54) is 11.3 Å². The molecule has 1 aromatic heterocycles. The average Bonchev–Trinajstić information content (AvgIpc) is 2.74. The lowest BCUT2D eigenvalue weighted by molar-refractivity contribution is 0.0548. The molecule has 0 aromatic carbocycles. The Balaban J connectivity index is 1.99. The van der Waals surface area contributed by atoms with Crippen LogP contribution in [0.5, 0.6) is 0 Å². The van der Waals surface area contributed by atoms with Crippen LogP contribution in [-0.4, -0.2) is 58.1 Å². The number of rotatable bonds is 3. The van der Waals surface area contributed by atoms with E-state index in [-0.39, 0.29) is 5.01 Å². The third kappa shape index (κ3) is 2.88. The molecule has 0 aliphatic carbocycles. The molecule has 1 saturated heterocycles. The van der Waals surface area contributed by atoms with E-state index in [4.69, 9.17) is 5.11 Å². The Morgan fingerprint density at radius 1 is 1.50 bits per heavy atom. The van der Waals surface area contributed by atoms with Gasteiger partial charge in [0.25, 0.3) is 0 Å². The van der Waals surface area contributed by atoms with Gasteiger partial charge in [-0.3, -0.25) is 9.80 Å². The van der Waals surface area contributed by atoms with Gasteiger partial charge in [0.2, 0.25) is 5.01 Å². The summed E-state index contributed by atoms with van der Waals surface area (Å²) in [5.74, 6) is -0.939. The van der Waals surface area contributed by atoms with E-state index in [0.717, 1.165) is 25.3 Å². The second kappa shape index (κ2) is 5.34. The summed E-state index contributed by atoms with van der Waals surface area (Å²) in [6, 6.07) is 1.04. The zero-order valence-electron chi connectivity index (χ0n) is 11.0. The minimum atomic E-state index is -0.939. The molecule has 1 aromatic rings. The first-order valence-electron chi connectivity index (χ1n) is 6.09. The van der Waals surface area contributed by atoms with Crippen molar-refractivity contribution >= 4 is 17.3 Å². The van der Waals surface area contributed by atoms with Crippen LogP contribution in [0.4, 0.5) is 0 Å². The summed E-state index contributed by atoms with van der Waals surface area (Å²) in [6.07, 6.45) is 0. The lowest BCUT2D eigenvalue weighted by Gasteiger charge is -2.42. The molecule has 1 aliphatic heterocycles. The molecular formula is C12H19N3O2S. The fourth-order valence-electron chi connectivity index (χ4n) is 2.35. The van der Waals surface area contributed by atoms with Crippen LogP contribution in [0.3, 0.4) is 0 Å². The van der Waals surface area contributed by atoms with Crippen LogP contribution in [0.2, 0.25) is 0 Å². The predicted octanol–water partition coefficient (Wildman–Crippen LogP) is 1.37. The van der Waals surface area contributed by atoms with Gasteiger partial charge >= 0.3 is 5.97 Å². The lowest BCUT2D eigenvalue weighted by atomic mass is 10.1. The Labute approximate surface area is 111 Å². The second-order valence-corrected chi connectivity index (χ2v) is 5.86. The van der Waals surface area contributed by atoms with Crippen LogP contribution in [-0.2, 0) is 6.54 Å². The predicted molar refractivity (Wildman–Crippen MR) is 71.0 cm³/mol. The number of carbonyl (C=O) groups is 1. The monoisotopic (exact) mass is 269 g/mol. The Hall–Kier alpha value is -0.980. The third-order valence-corrected chi connectivity index (χ3v) is 4.43. The highest BCUT2D eigenvalue weighted by Gasteiger charge is 2.26. The molecule has 0 bridgehead atoms. The van der Waals surface area contributed by atoms with Gasteiger partial charge < -0.3 is 5.11 Å². The number of carboxylic acid groups (broad SMARTS) is 1. The lowest BCUT2D eigenvalue weighted by Crippen LogP contribution is -2.54. The van der Waals surface area contributed by atoms with Crippen molar-refractivity contribution in [2.24, 2.45) is 0 Å². The van der Waals surface area contributed by atoms with E-state index in [0.29, 0.717) is 12.1 Å². The van der Waals surface area contributed by atoms with Gasteiger partial charge in [-0.15, -0.1) is 11.3 Å². The van der Waals surface area contributed by atoms with E-state index < -0.39 is 5.97 Å². The maximum atomic E-state index is 10.8. The normalized spacial score (nSPS) is 26.4. The van der Waals surface area contributed by atoms with Gasteiger partial charge in [0, 0.05) is 37.1 Å². The SMILES string of the molecule is CC1CN(Cc2csc(C(=O)O)n2)CC(C)N1C. The van der Waals surface area contributed by atoms with Crippen LogP contribution in [0.1, 0.15) is 29.3 Å². The van der Waals surface area contributed by atoms with Crippen molar-refractivity contribution in [2.45, 2.75) is 32.5 Å². The number of aromatic carboxylic acids is 1. The first-order valence-corrected chi connectivity index (χ1v) is 6.97. The average molecular weight is 269 g/mol. The standard InChI is InChI=1S/C12H19N3O2S/c1-8-4-15(5-9(2)14(8)3)6-10-7-18-11(13-10)12(16)17/h7-9H,4-6H2,1-3H3,(H,16,17). The Kier molecular flexibility index (Phi) is 3.99. The van der Waals surface area contributed by atoms with E-state index in [1.54, 1.807) is 0 Å². The van der Waals surface area contributed by atoms with Crippen LogP contribution in [0.15, 0.2) is 5.38 Å². The molecule has 1 N–H and O–H groups in total. The molecule has 6 heteroatoms. The summed E-state index contributed by atoms with van der Waals surface area (Å²) in [5.41, 5.74) is 0.862. The van der Waals surface area contributed by atoms with Gasteiger partial charge in [-0.05, 0) is 20.9 Å². The van der Waals surface area contributed by atoms with Gasteiger partial charge in [0.15, 0.2) is 0 Å². The number of aromatic nitrogens is 1. The van der Waals surface area contributed by atoms with Crippen LogP contribution in [0.25, 0.3) is 0 Å². The molecule has 100 valence electrons. The maximum Gasteiger partial charge on any atom is 0.365 e. The molecule has 0 spiro atoms. The van der Waals surface area contributed by atoms with Crippen molar-refractivity contribution in [3.63, 3.8) is 0 Å². The summed E-state index contributed by atoms with van der Waals surface area (Å²) < 4.78 is 0. The number of hydrogen-bond donors (Lipinski definition) is 1. The number of carboxylic acids is 1. The van der Waals surface area contributed by atoms with Gasteiger partial charge in [0.1, 0.15) is 0 Å². The Morgan fingerprint density at radius 2 is 2.11 bits per heavy atom. The molecular weight excluding hydrogens is 250 g/mol. The van der Waals surface area contributed by atoms with Crippen LogP contribution < -0.4 is 0 Å². The largest absolute Gasteiger partial charge is 0.476 e. The first kappa shape index (κ1) is 13.5. The zero-order valence-corrected chi connectivity index (χ0v) is 11.8. The molecule has 2 rings (SSSR count). The molecule has 1 fully saturated rings. The molecule has 0 amide bonds. The molecule has 2 heterocycles. The van der Waals surface area contributed by atoms with Crippen molar-refractivity contribution in [1.29, 1.82) is 0 Å². The minimum Gasteiger partial charge on any atom is -0.476 e. The van der Waals surface area contributed by atoms with E-state index in [1.807, 2.05) is 5.38 Å². The number of piperazine rings is 1. The number of likely N-dealkylation sites (N-methyl/N-ethyl adjacent to an activating group) is 1. The van der Waals surface area contributed by atoms with E-state index >= 15 is 0 Å². The van der Waals surface area contributed by atoms with Crippen molar-refractivity contribution in [2.75, 3.05) is 20.1 Å². The summed E-state index contributed by atoms with van der Waals surface area (Å²) >= 11 is 1.20. The highest BCUT2D eigenvalue weighted by Crippen LogP contribution is 2.17. The molecule has 1 aliphatic rings. The Morgan fingerprint density at radius 3 is 2.61 bits per heavy atom. The molecule has 2 atom stereocenters. The topological polar surface area (TPSA) is 56.7 Å². The summed E-state index contributed by atoms with van der Waals surface area (Å²) in [7, 11) is 2.15. The van der Waals surface area contributed by atoms with Crippen molar-refractivity contribution in [1.82, 2.24) is 14.8 Å². The fourth-order valence-corrected chi connectivity index (χ4v) is 3.00.